The maximum Gasteiger partial charge on any atom is 0.256 e. The Morgan fingerprint density at radius 1 is 1.61 bits per heavy atom. The van der Waals surface area contributed by atoms with Gasteiger partial charge in [0, 0.05) is 17.6 Å². The molecule has 3 N–H and O–H groups in total. The Hall–Kier alpha value is -1.26. The molecule has 2 rings (SSSR count). The lowest BCUT2D eigenvalue weighted by molar-refractivity contribution is 0.0734. The quantitative estimate of drug-likeness (QED) is 0.654. The van der Waals surface area contributed by atoms with Crippen LogP contribution < -0.4 is 11.3 Å². The molecule has 1 fully saturated rings. The van der Waals surface area contributed by atoms with Crippen LogP contribution in [-0.4, -0.2) is 23.4 Å². The molecule has 0 saturated carbocycles. The first-order valence-corrected chi connectivity index (χ1v) is 6.62. The van der Waals surface area contributed by atoms with E-state index in [9.17, 15) is 4.79 Å². The van der Waals surface area contributed by atoms with E-state index in [1.54, 1.807) is 18.2 Å². The Kier molecular flexibility index (Phi) is 4.09. The predicted molar refractivity (Wildman–Crippen MR) is 73.6 cm³/mol. The van der Waals surface area contributed by atoms with Crippen molar-refractivity contribution in [1.82, 2.24) is 4.90 Å². The zero-order chi connectivity index (χ0) is 13.1. The lowest BCUT2D eigenvalue weighted by Crippen LogP contribution is -2.35. The number of nitrogens with two attached hydrogens (primary N) is 1. The molecule has 4 nitrogen and oxygen atoms in total. The Bertz CT molecular complexity index is 450. The lowest BCUT2D eigenvalue weighted by Gasteiger charge is -2.24. The largest absolute Gasteiger partial charge is 0.336 e. The number of benzene rings is 1. The van der Waals surface area contributed by atoms with Crippen LogP contribution >= 0.6 is 11.6 Å². The highest BCUT2D eigenvalue weighted by Crippen LogP contribution is 2.26. The van der Waals surface area contributed by atoms with Gasteiger partial charge in [0.25, 0.3) is 5.91 Å². The first-order valence-electron chi connectivity index (χ1n) is 6.24. The average molecular weight is 268 g/mol. The summed E-state index contributed by atoms with van der Waals surface area (Å²) in [5, 5.41) is 0.546. The number of carbonyl (C=O) groups is 1. The van der Waals surface area contributed by atoms with Gasteiger partial charge in [-0.25, -0.2) is 0 Å². The van der Waals surface area contributed by atoms with Gasteiger partial charge in [-0.05, 0) is 37.5 Å². The molecule has 1 aliphatic heterocycles. The fourth-order valence-electron chi connectivity index (χ4n) is 2.50. The van der Waals surface area contributed by atoms with Gasteiger partial charge in [-0.15, -0.1) is 0 Å². The van der Waals surface area contributed by atoms with Crippen molar-refractivity contribution < 1.29 is 4.79 Å². The number of hydrogen-bond donors (Lipinski definition) is 2. The molecular formula is C13H18ClN3O. The van der Waals surface area contributed by atoms with E-state index in [-0.39, 0.29) is 5.91 Å². The third-order valence-electron chi connectivity index (χ3n) is 3.48. The summed E-state index contributed by atoms with van der Waals surface area (Å²) in [6.45, 7) is 2.92. The van der Waals surface area contributed by atoms with Crippen LogP contribution in [0, 0.1) is 0 Å². The van der Waals surface area contributed by atoms with Gasteiger partial charge < -0.3 is 10.3 Å². The van der Waals surface area contributed by atoms with Gasteiger partial charge in [0.05, 0.1) is 11.3 Å². The molecule has 18 heavy (non-hydrogen) atoms. The maximum atomic E-state index is 12.5. The van der Waals surface area contributed by atoms with Gasteiger partial charge in [0.2, 0.25) is 0 Å². The molecule has 0 aromatic heterocycles. The van der Waals surface area contributed by atoms with E-state index in [0.717, 1.165) is 25.8 Å². The van der Waals surface area contributed by atoms with E-state index < -0.39 is 0 Å². The summed E-state index contributed by atoms with van der Waals surface area (Å²) in [5.41, 5.74) is 3.72. The van der Waals surface area contributed by atoms with Crippen molar-refractivity contribution >= 4 is 23.2 Å². The molecule has 5 heteroatoms. The van der Waals surface area contributed by atoms with Crippen LogP contribution in [0.25, 0.3) is 0 Å². The number of hydrazine groups is 1. The number of halogens is 1. The Morgan fingerprint density at radius 3 is 3.06 bits per heavy atom. The summed E-state index contributed by atoms with van der Waals surface area (Å²) in [4.78, 5) is 14.4. The Balaban J connectivity index is 2.30. The van der Waals surface area contributed by atoms with Gasteiger partial charge in [-0.1, -0.05) is 18.5 Å². The topological polar surface area (TPSA) is 58.4 Å². The molecule has 1 aliphatic rings. The smallest absolute Gasteiger partial charge is 0.256 e. The van der Waals surface area contributed by atoms with E-state index in [2.05, 4.69) is 12.3 Å². The third kappa shape index (κ3) is 2.44. The van der Waals surface area contributed by atoms with Crippen molar-refractivity contribution in [2.45, 2.75) is 32.2 Å². The van der Waals surface area contributed by atoms with Crippen molar-refractivity contribution in [3.63, 3.8) is 0 Å². The van der Waals surface area contributed by atoms with Gasteiger partial charge in [-0.3, -0.25) is 10.6 Å². The van der Waals surface area contributed by atoms with Crippen LogP contribution in [0.4, 0.5) is 5.69 Å². The number of likely N-dealkylation sites (tertiary alicyclic amines) is 1. The van der Waals surface area contributed by atoms with Crippen LogP contribution in [0.1, 0.15) is 36.5 Å². The molecule has 1 atom stereocenters. The molecular weight excluding hydrogens is 250 g/mol. The van der Waals surface area contributed by atoms with Crippen molar-refractivity contribution in [2.24, 2.45) is 5.84 Å². The second kappa shape index (κ2) is 5.59. The molecule has 1 unspecified atom stereocenters. The summed E-state index contributed by atoms with van der Waals surface area (Å²) >= 11 is 5.96. The van der Waals surface area contributed by atoms with Gasteiger partial charge >= 0.3 is 0 Å². The Morgan fingerprint density at radius 2 is 2.39 bits per heavy atom. The number of amides is 1. The summed E-state index contributed by atoms with van der Waals surface area (Å²) in [6.07, 6.45) is 3.13. The fraction of sp³-hybridized carbons (Fsp3) is 0.462. The molecule has 1 amide bonds. The minimum atomic E-state index is 0.00907. The molecule has 0 aliphatic carbocycles. The molecule has 1 aromatic carbocycles. The van der Waals surface area contributed by atoms with Crippen LogP contribution in [0.3, 0.4) is 0 Å². The number of nitrogens with one attached hydrogen (secondary N) is 1. The van der Waals surface area contributed by atoms with E-state index in [1.807, 2.05) is 4.90 Å². The predicted octanol–water partition coefficient (Wildman–Crippen LogP) is 2.64. The number of hydrogen-bond acceptors (Lipinski definition) is 3. The Labute approximate surface area is 112 Å². The van der Waals surface area contributed by atoms with E-state index in [0.29, 0.717) is 22.3 Å². The first kappa shape index (κ1) is 13.2. The average Bonchev–Trinajstić information content (AvgIpc) is 2.86. The van der Waals surface area contributed by atoms with Crippen LogP contribution in [0.2, 0.25) is 5.02 Å². The van der Waals surface area contributed by atoms with E-state index in [4.69, 9.17) is 17.4 Å². The molecule has 1 saturated heterocycles. The molecule has 1 aromatic rings. The molecule has 98 valence electrons. The van der Waals surface area contributed by atoms with Crippen LogP contribution in [0.15, 0.2) is 18.2 Å². The SMILES string of the molecule is CCC1CCCN1C(=O)c1cc(Cl)ccc1NN. The summed E-state index contributed by atoms with van der Waals surface area (Å²) < 4.78 is 0. The minimum absolute atomic E-state index is 0.00907. The van der Waals surface area contributed by atoms with Crippen molar-refractivity contribution in [2.75, 3.05) is 12.0 Å². The minimum Gasteiger partial charge on any atom is -0.336 e. The van der Waals surface area contributed by atoms with Crippen molar-refractivity contribution in [3.05, 3.63) is 28.8 Å². The second-order valence-corrected chi connectivity index (χ2v) is 4.97. The van der Waals surface area contributed by atoms with Crippen molar-refractivity contribution in [3.8, 4) is 0 Å². The normalized spacial score (nSPS) is 19.1. The van der Waals surface area contributed by atoms with Gasteiger partial charge in [-0.2, -0.15) is 0 Å². The number of rotatable bonds is 3. The zero-order valence-electron chi connectivity index (χ0n) is 10.4. The standard InChI is InChI=1S/C13H18ClN3O/c1-2-10-4-3-7-17(10)13(18)11-8-9(14)5-6-12(11)16-15/h5-6,8,10,16H,2-4,7,15H2,1H3. The zero-order valence-corrected chi connectivity index (χ0v) is 11.2. The maximum absolute atomic E-state index is 12.5. The number of nitrogens with zero attached hydrogens (tertiary/aromatic N) is 1. The molecule has 0 bridgehead atoms. The van der Waals surface area contributed by atoms with E-state index >= 15 is 0 Å². The monoisotopic (exact) mass is 267 g/mol. The summed E-state index contributed by atoms with van der Waals surface area (Å²) in [7, 11) is 0. The highest BCUT2D eigenvalue weighted by Gasteiger charge is 2.29. The second-order valence-electron chi connectivity index (χ2n) is 4.54. The molecule has 0 radical (unpaired) electrons. The lowest BCUT2D eigenvalue weighted by atomic mass is 10.1. The summed E-state index contributed by atoms with van der Waals surface area (Å²) in [5.74, 6) is 5.45. The molecule has 0 spiro atoms. The van der Waals surface area contributed by atoms with Crippen molar-refractivity contribution in [1.29, 1.82) is 0 Å². The first-order chi connectivity index (χ1) is 8.67. The summed E-state index contributed by atoms with van der Waals surface area (Å²) in [6, 6.07) is 5.45. The number of carbonyl (C=O) groups excluding carboxylic acids is 1. The highest BCUT2D eigenvalue weighted by atomic mass is 35.5. The third-order valence-corrected chi connectivity index (χ3v) is 3.71. The van der Waals surface area contributed by atoms with Crippen LogP contribution in [0.5, 0.6) is 0 Å². The van der Waals surface area contributed by atoms with E-state index in [1.165, 1.54) is 0 Å². The molecule has 1 heterocycles. The van der Waals surface area contributed by atoms with Gasteiger partial charge in [0.15, 0.2) is 0 Å². The number of nitrogen functional groups attached to an aromatic ring is 1. The highest BCUT2D eigenvalue weighted by molar-refractivity contribution is 6.31. The number of anilines is 1. The van der Waals surface area contributed by atoms with Gasteiger partial charge in [0.1, 0.15) is 0 Å². The fourth-order valence-corrected chi connectivity index (χ4v) is 2.67. The van der Waals surface area contributed by atoms with Crippen LogP contribution in [-0.2, 0) is 0 Å².